The highest BCUT2D eigenvalue weighted by molar-refractivity contribution is 5.95. The molecule has 24 heavy (non-hydrogen) atoms. The molecule has 1 aliphatic heterocycles. The van der Waals surface area contributed by atoms with Crippen LogP contribution in [-0.4, -0.2) is 36.0 Å². The van der Waals surface area contributed by atoms with E-state index in [0.29, 0.717) is 0 Å². The fraction of sp³-hybridized carbons (Fsp3) is 0.400. The Morgan fingerprint density at radius 2 is 1.83 bits per heavy atom. The number of pyridine rings is 1. The Morgan fingerprint density at radius 3 is 2.50 bits per heavy atom. The van der Waals surface area contributed by atoms with Gasteiger partial charge in [0.15, 0.2) is 0 Å². The molecule has 0 bridgehead atoms. The van der Waals surface area contributed by atoms with Crippen LogP contribution in [0.1, 0.15) is 48.2 Å². The summed E-state index contributed by atoms with van der Waals surface area (Å²) < 4.78 is 5.33. The van der Waals surface area contributed by atoms with Crippen molar-refractivity contribution >= 4 is 5.91 Å². The molecule has 4 nitrogen and oxygen atoms in total. The summed E-state index contributed by atoms with van der Waals surface area (Å²) in [4.78, 5) is 19.0. The van der Waals surface area contributed by atoms with Gasteiger partial charge in [0, 0.05) is 37.5 Å². The Labute approximate surface area is 143 Å². The lowest BCUT2D eigenvalue weighted by atomic mass is 10.0. The van der Waals surface area contributed by atoms with Crippen LogP contribution in [0.3, 0.4) is 0 Å². The molecule has 126 valence electrons. The van der Waals surface area contributed by atoms with Crippen molar-refractivity contribution in [3.63, 3.8) is 0 Å². The minimum absolute atomic E-state index is 0.0685. The molecule has 0 aliphatic carbocycles. The van der Waals surface area contributed by atoms with E-state index < -0.39 is 0 Å². The average Bonchev–Trinajstić information content (AvgIpc) is 2.67. The van der Waals surface area contributed by atoms with E-state index in [2.05, 4.69) is 4.98 Å². The van der Waals surface area contributed by atoms with Crippen molar-refractivity contribution in [2.75, 3.05) is 20.2 Å². The number of methoxy groups -OCH3 is 1. The third-order valence-corrected chi connectivity index (χ3v) is 4.68. The van der Waals surface area contributed by atoms with Gasteiger partial charge in [0.2, 0.25) is 0 Å². The van der Waals surface area contributed by atoms with Gasteiger partial charge in [0.25, 0.3) is 5.91 Å². The molecule has 3 rings (SSSR count). The number of ether oxygens (including phenoxy) is 1. The van der Waals surface area contributed by atoms with Gasteiger partial charge >= 0.3 is 0 Å². The van der Waals surface area contributed by atoms with Crippen LogP contribution in [0.4, 0.5) is 0 Å². The predicted molar refractivity (Wildman–Crippen MR) is 94.9 cm³/mol. The minimum atomic E-state index is 0.0685. The smallest absolute Gasteiger partial charge is 0.253 e. The van der Waals surface area contributed by atoms with Crippen LogP contribution < -0.4 is 0 Å². The first-order chi connectivity index (χ1) is 11.7. The van der Waals surface area contributed by atoms with Crippen molar-refractivity contribution in [1.29, 1.82) is 0 Å². The summed E-state index contributed by atoms with van der Waals surface area (Å²) in [6.45, 7) is 3.74. The molecule has 1 aromatic heterocycles. The highest BCUT2D eigenvalue weighted by Crippen LogP contribution is 2.23. The summed E-state index contributed by atoms with van der Waals surface area (Å²) >= 11 is 0. The van der Waals surface area contributed by atoms with Crippen LogP contribution in [-0.2, 0) is 4.74 Å². The summed E-state index contributed by atoms with van der Waals surface area (Å²) in [7, 11) is 1.70. The lowest BCUT2D eigenvalue weighted by molar-refractivity contribution is 0.0724. The number of hydrogen-bond donors (Lipinski definition) is 0. The number of rotatable bonds is 4. The van der Waals surface area contributed by atoms with Gasteiger partial charge in [0.1, 0.15) is 0 Å². The van der Waals surface area contributed by atoms with E-state index in [1.54, 1.807) is 13.3 Å². The second kappa shape index (κ2) is 7.58. The maximum absolute atomic E-state index is 12.6. The number of hydrogen-bond acceptors (Lipinski definition) is 3. The molecule has 2 aromatic rings. The summed E-state index contributed by atoms with van der Waals surface area (Å²) in [5.74, 6) is 0.114. The SMILES string of the molecule is CO[C@@H](C)c1ccc(-c2cc(C(=O)N3CCCCC3)ccn2)cc1. The van der Waals surface area contributed by atoms with Crippen LogP contribution in [0.15, 0.2) is 42.6 Å². The summed E-state index contributed by atoms with van der Waals surface area (Å²) in [5, 5.41) is 0. The maximum Gasteiger partial charge on any atom is 0.253 e. The fourth-order valence-corrected chi connectivity index (χ4v) is 3.06. The molecule has 2 heterocycles. The number of likely N-dealkylation sites (tertiary alicyclic amines) is 1. The van der Waals surface area contributed by atoms with E-state index in [4.69, 9.17) is 4.74 Å². The van der Waals surface area contributed by atoms with Gasteiger partial charge < -0.3 is 9.64 Å². The van der Waals surface area contributed by atoms with Gasteiger partial charge in [0.05, 0.1) is 11.8 Å². The predicted octanol–water partition coefficient (Wildman–Crippen LogP) is 4.08. The molecule has 0 unspecified atom stereocenters. The minimum Gasteiger partial charge on any atom is -0.377 e. The number of aromatic nitrogens is 1. The highest BCUT2D eigenvalue weighted by atomic mass is 16.5. The van der Waals surface area contributed by atoms with Crippen molar-refractivity contribution in [3.8, 4) is 11.3 Å². The zero-order valence-electron chi connectivity index (χ0n) is 14.4. The van der Waals surface area contributed by atoms with Crippen molar-refractivity contribution < 1.29 is 9.53 Å². The summed E-state index contributed by atoms with van der Waals surface area (Å²) in [6.07, 6.45) is 5.21. The number of nitrogens with zero attached hydrogens (tertiary/aromatic N) is 2. The molecule has 0 radical (unpaired) electrons. The van der Waals surface area contributed by atoms with Crippen LogP contribution in [0.2, 0.25) is 0 Å². The van der Waals surface area contributed by atoms with E-state index in [1.165, 1.54) is 6.42 Å². The van der Waals surface area contributed by atoms with Gasteiger partial charge in [-0.3, -0.25) is 9.78 Å². The Kier molecular flexibility index (Phi) is 5.26. The molecule has 1 saturated heterocycles. The number of carbonyl (C=O) groups excluding carboxylic acids is 1. The summed E-state index contributed by atoms with van der Waals surface area (Å²) in [5.41, 5.74) is 3.68. The third kappa shape index (κ3) is 3.65. The van der Waals surface area contributed by atoms with Crippen molar-refractivity contribution in [2.45, 2.75) is 32.3 Å². The monoisotopic (exact) mass is 324 g/mol. The molecule has 0 spiro atoms. The molecule has 1 fully saturated rings. The quantitative estimate of drug-likeness (QED) is 0.851. The van der Waals surface area contributed by atoms with Gasteiger partial charge in [-0.25, -0.2) is 0 Å². The van der Waals surface area contributed by atoms with Gasteiger partial charge in [-0.2, -0.15) is 0 Å². The van der Waals surface area contributed by atoms with Gasteiger partial charge in [-0.15, -0.1) is 0 Å². The molecule has 1 atom stereocenters. The lowest BCUT2D eigenvalue weighted by Gasteiger charge is -2.26. The Balaban J connectivity index is 1.81. The molecule has 1 aliphatic rings. The van der Waals surface area contributed by atoms with Crippen molar-refractivity contribution in [2.24, 2.45) is 0 Å². The van der Waals surface area contributed by atoms with Crippen LogP contribution in [0.25, 0.3) is 11.3 Å². The highest BCUT2D eigenvalue weighted by Gasteiger charge is 2.18. The standard InChI is InChI=1S/C20H24N2O2/c1-15(24-2)16-6-8-17(9-7-16)19-14-18(10-11-21-19)20(23)22-12-4-3-5-13-22/h6-11,14-15H,3-5,12-13H2,1-2H3/t15-/m0/s1. The molecular weight excluding hydrogens is 300 g/mol. The van der Waals surface area contributed by atoms with E-state index >= 15 is 0 Å². The third-order valence-electron chi connectivity index (χ3n) is 4.68. The topological polar surface area (TPSA) is 42.4 Å². The molecule has 0 saturated carbocycles. The first kappa shape index (κ1) is 16.7. The molecular formula is C20H24N2O2. The van der Waals surface area contributed by atoms with Crippen LogP contribution in [0, 0.1) is 0 Å². The van der Waals surface area contributed by atoms with E-state index in [0.717, 1.165) is 48.3 Å². The lowest BCUT2D eigenvalue weighted by Crippen LogP contribution is -2.35. The number of carbonyl (C=O) groups is 1. The van der Waals surface area contributed by atoms with Crippen molar-refractivity contribution in [3.05, 3.63) is 53.7 Å². The normalized spacial score (nSPS) is 16.0. The zero-order chi connectivity index (χ0) is 16.9. The average molecular weight is 324 g/mol. The second-order valence-corrected chi connectivity index (χ2v) is 6.28. The van der Waals surface area contributed by atoms with Crippen LogP contribution >= 0.6 is 0 Å². The van der Waals surface area contributed by atoms with Crippen LogP contribution in [0.5, 0.6) is 0 Å². The Hall–Kier alpha value is -2.20. The van der Waals surface area contributed by atoms with Gasteiger partial charge in [-0.1, -0.05) is 24.3 Å². The van der Waals surface area contributed by atoms with E-state index in [9.17, 15) is 4.79 Å². The van der Waals surface area contributed by atoms with E-state index in [-0.39, 0.29) is 12.0 Å². The Morgan fingerprint density at radius 1 is 1.12 bits per heavy atom. The van der Waals surface area contributed by atoms with Crippen molar-refractivity contribution in [1.82, 2.24) is 9.88 Å². The van der Waals surface area contributed by atoms with Gasteiger partial charge in [-0.05, 0) is 43.9 Å². The number of benzene rings is 1. The largest absolute Gasteiger partial charge is 0.377 e. The maximum atomic E-state index is 12.6. The first-order valence-corrected chi connectivity index (χ1v) is 8.57. The Bertz CT molecular complexity index is 691. The first-order valence-electron chi connectivity index (χ1n) is 8.57. The second-order valence-electron chi connectivity index (χ2n) is 6.28. The van der Waals surface area contributed by atoms with E-state index in [1.807, 2.05) is 48.2 Å². The molecule has 1 aromatic carbocycles. The zero-order valence-corrected chi connectivity index (χ0v) is 14.4. The molecule has 4 heteroatoms. The summed E-state index contributed by atoms with van der Waals surface area (Å²) in [6, 6.07) is 11.9. The molecule has 1 amide bonds. The molecule has 0 N–H and O–H groups in total. The number of piperidine rings is 1. The fourth-order valence-electron chi connectivity index (χ4n) is 3.06. The number of amides is 1.